The molecule has 1 unspecified atom stereocenters. The highest BCUT2D eigenvalue weighted by Gasteiger charge is 1.92. The molecule has 0 spiro atoms. The number of hydrogen-bond acceptors (Lipinski definition) is 2. The van der Waals surface area contributed by atoms with E-state index in [1.165, 1.54) is 17.5 Å². The second-order valence-corrected chi connectivity index (χ2v) is 5.01. The van der Waals surface area contributed by atoms with E-state index in [0.29, 0.717) is 0 Å². The van der Waals surface area contributed by atoms with Gasteiger partial charge in [0, 0.05) is 6.54 Å². The first kappa shape index (κ1) is 30.6. The summed E-state index contributed by atoms with van der Waals surface area (Å²) in [6, 6.07) is 8.48. The number of aliphatic hydroxyl groups excluding tert-OH is 1. The van der Waals surface area contributed by atoms with Crippen LogP contribution in [0.3, 0.4) is 0 Å². The SMILES string of the molecule is C=CNCCCC(C)O.CC.CC.CCC.Cc1ccc(C)cc1. The summed E-state index contributed by atoms with van der Waals surface area (Å²) in [7, 11) is 0. The van der Waals surface area contributed by atoms with Gasteiger partial charge in [0.05, 0.1) is 6.10 Å². The summed E-state index contributed by atoms with van der Waals surface area (Å²) >= 11 is 0. The zero-order chi connectivity index (χ0) is 19.8. The molecule has 0 saturated heterocycles. The highest BCUT2D eigenvalue weighted by Crippen LogP contribution is 1.99. The molecule has 0 aliphatic carbocycles. The maximum atomic E-state index is 8.80. The number of aliphatic hydroxyl groups is 1. The lowest BCUT2D eigenvalue weighted by Gasteiger charge is -2.02. The third kappa shape index (κ3) is 37.2. The van der Waals surface area contributed by atoms with E-state index in [0.717, 1.165) is 19.4 Å². The Labute approximate surface area is 153 Å². The number of rotatable bonds is 5. The number of aryl methyl sites for hydroxylation is 2. The van der Waals surface area contributed by atoms with Crippen molar-refractivity contribution in [3.05, 3.63) is 48.2 Å². The van der Waals surface area contributed by atoms with E-state index in [1.807, 2.05) is 27.7 Å². The van der Waals surface area contributed by atoms with Gasteiger partial charge in [-0.15, -0.1) is 0 Å². The Morgan fingerprint density at radius 3 is 1.58 bits per heavy atom. The standard InChI is InChI=1S/C8H10.C7H15NO.C3H8.2C2H6/c1-7-3-5-8(2)6-4-7;1-3-8-6-4-5-7(2)9;1-3-2;2*1-2/h3-6H,1-2H3;3,7-9H,1,4-6H2,2H3;3H2,1-2H3;2*1-2H3. The minimum absolute atomic E-state index is 0.170. The molecule has 0 heterocycles. The molecule has 0 aromatic heterocycles. The van der Waals surface area contributed by atoms with Crippen molar-refractivity contribution >= 4 is 0 Å². The van der Waals surface area contributed by atoms with Crippen molar-refractivity contribution in [2.24, 2.45) is 0 Å². The van der Waals surface area contributed by atoms with Gasteiger partial charge in [-0.2, -0.15) is 0 Å². The Hall–Kier alpha value is -1.28. The molecule has 24 heavy (non-hydrogen) atoms. The van der Waals surface area contributed by atoms with Crippen molar-refractivity contribution in [1.29, 1.82) is 0 Å². The van der Waals surface area contributed by atoms with Crippen molar-refractivity contribution in [3.8, 4) is 0 Å². The first-order valence-electron chi connectivity index (χ1n) is 9.53. The van der Waals surface area contributed by atoms with Crippen LogP contribution in [0.1, 0.15) is 78.9 Å². The van der Waals surface area contributed by atoms with Gasteiger partial charge in [-0.3, -0.25) is 0 Å². The molecule has 2 heteroatoms. The molecule has 0 aliphatic heterocycles. The molecular formula is C22H45NO. The van der Waals surface area contributed by atoms with Crippen LogP contribution in [-0.4, -0.2) is 17.8 Å². The lowest BCUT2D eigenvalue weighted by atomic mass is 10.2. The second-order valence-electron chi connectivity index (χ2n) is 5.01. The van der Waals surface area contributed by atoms with Crippen LogP contribution in [0.25, 0.3) is 0 Å². The summed E-state index contributed by atoms with van der Waals surface area (Å²) in [6.45, 7) is 22.7. The fourth-order valence-electron chi connectivity index (χ4n) is 1.24. The van der Waals surface area contributed by atoms with Crippen LogP contribution in [-0.2, 0) is 0 Å². The van der Waals surface area contributed by atoms with Crippen molar-refractivity contribution in [3.63, 3.8) is 0 Å². The average Bonchev–Trinajstić information content (AvgIpc) is 2.59. The number of nitrogens with one attached hydrogen (secondary N) is 1. The highest BCUT2D eigenvalue weighted by atomic mass is 16.3. The van der Waals surface area contributed by atoms with Crippen LogP contribution >= 0.6 is 0 Å². The fraction of sp³-hybridized carbons (Fsp3) is 0.636. The molecule has 2 nitrogen and oxygen atoms in total. The minimum atomic E-state index is -0.170. The smallest absolute Gasteiger partial charge is 0.0512 e. The van der Waals surface area contributed by atoms with E-state index in [2.05, 4.69) is 63.9 Å². The van der Waals surface area contributed by atoms with Gasteiger partial charge < -0.3 is 10.4 Å². The largest absolute Gasteiger partial charge is 0.393 e. The molecule has 1 rings (SSSR count). The van der Waals surface area contributed by atoms with Gasteiger partial charge >= 0.3 is 0 Å². The van der Waals surface area contributed by atoms with E-state index in [4.69, 9.17) is 5.11 Å². The van der Waals surface area contributed by atoms with Crippen LogP contribution in [0.5, 0.6) is 0 Å². The number of benzene rings is 1. The molecule has 144 valence electrons. The zero-order valence-corrected chi connectivity index (χ0v) is 17.9. The van der Waals surface area contributed by atoms with Crippen LogP contribution in [0.4, 0.5) is 0 Å². The summed E-state index contributed by atoms with van der Waals surface area (Å²) in [6.07, 6.45) is 4.61. The first-order chi connectivity index (χ1) is 11.5. The van der Waals surface area contributed by atoms with Gasteiger partial charge in [0.2, 0.25) is 0 Å². The van der Waals surface area contributed by atoms with Crippen LogP contribution in [0, 0.1) is 13.8 Å². The van der Waals surface area contributed by atoms with Crippen LogP contribution in [0.15, 0.2) is 37.0 Å². The average molecular weight is 340 g/mol. The van der Waals surface area contributed by atoms with Gasteiger partial charge in [-0.05, 0) is 39.8 Å². The zero-order valence-electron chi connectivity index (χ0n) is 17.9. The highest BCUT2D eigenvalue weighted by molar-refractivity contribution is 5.19. The quantitative estimate of drug-likeness (QED) is 0.588. The molecular weight excluding hydrogens is 294 g/mol. The fourth-order valence-corrected chi connectivity index (χ4v) is 1.24. The first-order valence-corrected chi connectivity index (χ1v) is 9.53. The van der Waals surface area contributed by atoms with Gasteiger partial charge in [-0.1, -0.05) is 89.9 Å². The second kappa shape index (κ2) is 29.7. The predicted molar refractivity (Wildman–Crippen MR) is 114 cm³/mol. The monoisotopic (exact) mass is 339 g/mol. The van der Waals surface area contributed by atoms with E-state index >= 15 is 0 Å². The molecule has 0 amide bonds. The lowest BCUT2D eigenvalue weighted by molar-refractivity contribution is 0.182. The third-order valence-corrected chi connectivity index (χ3v) is 2.31. The number of hydrogen-bond donors (Lipinski definition) is 2. The maximum Gasteiger partial charge on any atom is 0.0512 e. The Kier molecular flexibility index (Phi) is 37.8. The molecule has 1 aromatic rings. The van der Waals surface area contributed by atoms with Crippen molar-refractivity contribution < 1.29 is 5.11 Å². The van der Waals surface area contributed by atoms with Crippen molar-refractivity contribution in [2.75, 3.05) is 6.54 Å². The minimum Gasteiger partial charge on any atom is -0.393 e. The maximum absolute atomic E-state index is 8.80. The Balaban J connectivity index is -0.000000122. The topological polar surface area (TPSA) is 32.3 Å². The van der Waals surface area contributed by atoms with Gasteiger partial charge in [-0.25, -0.2) is 0 Å². The predicted octanol–water partition coefficient (Wildman–Crippen LogP) is 6.65. The Morgan fingerprint density at radius 1 is 1.00 bits per heavy atom. The molecule has 2 N–H and O–H groups in total. The van der Waals surface area contributed by atoms with E-state index < -0.39 is 0 Å². The van der Waals surface area contributed by atoms with Gasteiger partial charge in [0.25, 0.3) is 0 Å². The van der Waals surface area contributed by atoms with E-state index in [-0.39, 0.29) is 6.10 Å². The van der Waals surface area contributed by atoms with Crippen molar-refractivity contribution in [2.45, 2.75) is 87.7 Å². The third-order valence-electron chi connectivity index (χ3n) is 2.31. The lowest BCUT2D eigenvalue weighted by Crippen LogP contribution is -2.09. The molecule has 0 radical (unpaired) electrons. The Morgan fingerprint density at radius 2 is 1.33 bits per heavy atom. The Bertz CT molecular complexity index is 283. The molecule has 1 atom stereocenters. The van der Waals surface area contributed by atoms with E-state index in [9.17, 15) is 0 Å². The molecule has 0 bridgehead atoms. The van der Waals surface area contributed by atoms with Crippen molar-refractivity contribution in [1.82, 2.24) is 5.32 Å². The summed E-state index contributed by atoms with van der Waals surface area (Å²) in [5.74, 6) is 0. The van der Waals surface area contributed by atoms with Gasteiger partial charge in [0.1, 0.15) is 0 Å². The molecule has 1 aromatic carbocycles. The molecule has 0 fully saturated rings. The van der Waals surface area contributed by atoms with Crippen LogP contribution < -0.4 is 5.32 Å². The van der Waals surface area contributed by atoms with Gasteiger partial charge in [0.15, 0.2) is 0 Å². The van der Waals surface area contributed by atoms with E-state index in [1.54, 1.807) is 13.1 Å². The molecule has 0 aliphatic rings. The summed E-state index contributed by atoms with van der Waals surface area (Å²) < 4.78 is 0. The summed E-state index contributed by atoms with van der Waals surface area (Å²) in [5.41, 5.74) is 2.66. The van der Waals surface area contributed by atoms with Crippen LogP contribution in [0.2, 0.25) is 0 Å². The molecule has 0 saturated carbocycles. The summed E-state index contributed by atoms with van der Waals surface area (Å²) in [4.78, 5) is 0. The summed E-state index contributed by atoms with van der Waals surface area (Å²) in [5, 5.41) is 11.8. The normalized spacial score (nSPS) is 9.08.